The lowest BCUT2D eigenvalue weighted by Gasteiger charge is -2.21. The van der Waals surface area contributed by atoms with Gasteiger partial charge in [0.1, 0.15) is 15.6 Å². The van der Waals surface area contributed by atoms with Crippen molar-refractivity contribution in [2.75, 3.05) is 25.7 Å². The molecule has 0 saturated carbocycles. The summed E-state index contributed by atoms with van der Waals surface area (Å²) in [6, 6.07) is 7.11. The second-order valence-electron chi connectivity index (χ2n) is 4.28. The Labute approximate surface area is 107 Å². The van der Waals surface area contributed by atoms with Crippen LogP contribution in [-0.4, -0.2) is 45.3 Å². The Morgan fingerprint density at radius 2 is 2.11 bits per heavy atom. The summed E-state index contributed by atoms with van der Waals surface area (Å²) in [7, 11) is -1.69. The molecule has 5 nitrogen and oxygen atoms in total. The minimum atomic E-state index is -3.24. The normalized spacial score (nSPS) is 15.1. The average Bonchev–Trinajstić information content (AvgIpc) is 2.28. The average molecular weight is 273 g/mol. The molecule has 0 aromatic heterocycles. The molecule has 0 amide bonds. The van der Waals surface area contributed by atoms with Gasteiger partial charge in [0.15, 0.2) is 0 Å². The summed E-state index contributed by atoms with van der Waals surface area (Å²) in [6.45, 7) is 0.170. The van der Waals surface area contributed by atoms with Gasteiger partial charge in [0.05, 0.1) is 19.0 Å². The summed E-state index contributed by atoms with van der Waals surface area (Å²) in [6.07, 6.45) is 0.0761. The van der Waals surface area contributed by atoms with E-state index in [-0.39, 0.29) is 12.3 Å². The van der Waals surface area contributed by atoms with Crippen LogP contribution < -0.4 is 10.5 Å². The number of hydrogen-bond donors (Lipinski definition) is 2. The zero-order valence-corrected chi connectivity index (χ0v) is 11.4. The van der Waals surface area contributed by atoms with Crippen molar-refractivity contribution in [3.8, 4) is 5.75 Å². The molecule has 0 fully saturated rings. The molecular weight excluding hydrogens is 254 g/mol. The fourth-order valence-electron chi connectivity index (χ4n) is 1.81. The lowest BCUT2D eigenvalue weighted by atomic mass is 9.94. The number of aliphatic hydroxyl groups is 1. The lowest BCUT2D eigenvalue weighted by Crippen LogP contribution is -2.31. The number of hydrogen-bond acceptors (Lipinski definition) is 5. The lowest BCUT2D eigenvalue weighted by molar-refractivity contribution is 0.167. The predicted molar refractivity (Wildman–Crippen MR) is 70.5 cm³/mol. The topological polar surface area (TPSA) is 89.6 Å². The van der Waals surface area contributed by atoms with Crippen LogP contribution in [0.3, 0.4) is 0 Å². The quantitative estimate of drug-likeness (QED) is 0.769. The van der Waals surface area contributed by atoms with E-state index in [1.54, 1.807) is 31.4 Å². The molecule has 1 aromatic rings. The molecule has 102 valence electrons. The zero-order chi connectivity index (χ0) is 13.8. The second-order valence-corrected chi connectivity index (χ2v) is 6.46. The molecule has 0 heterocycles. The Bertz CT molecular complexity index is 487. The van der Waals surface area contributed by atoms with Gasteiger partial charge in [0, 0.05) is 18.7 Å². The molecular formula is C12H19NO4S. The number of sulfone groups is 1. The van der Waals surface area contributed by atoms with Crippen molar-refractivity contribution in [3.05, 3.63) is 29.8 Å². The first kappa shape index (κ1) is 14.9. The van der Waals surface area contributed by atoms with Gasteiger partial charge in [-0.3, -0.25) is 0 Å². The van der Waals surface area contributed by atoms with Crippen LogP contribution in [0.15, 0.2) is 24.3 Å². The standard InChI is InChI=1S/C12H19NO4S/c1-17-10-5-3-4-9(6-10)11(7-13)12(14)8-18(2,15)16/h3-6,11-12,14H,7-8,13H2,1-2H3. The molecule has 1 aromatic carbocycles. The van der Waals surface area contributed by atoms with Gasteiger partial charge in [0.2, 0.25) is 0 Å². The molecule has 0 spiro atoms. The summed E-state index contributed by atoms with van der Waals surface area (Å²) in [5.74, 6) is -0.0705. The van der Waals surface area contributed by atoms with E-state index in [4.69, 9.17) is 10.5 Å². The molecule has 0 bridgehead atoms. The second kappa shape index (κ2) is 6.17. The highest BCUT2D eigenvalue weighted by atomic mass is 32.2. The van der Waals surface area contributed by atoms with Crippen LogP contribution in [0.2, 0.25) is 0 Å². The molecule has 0 saturated heterocycles. The Hall–Kier alpha value is -1.11. The van der Waals surface area contributed by atoms with Gasteiger partial charge in [-0.25, -0.2) is 8.42 Å². The number of methoxy groups -OCH3 is 1. The van der Waals surface area contributed by atoms with Gasteiger partial charge in [-0.2, -0.15) is 0 Å². The van der Waals surface area contributed by atoms with E-state index in [1.165, 1.54) is 0 Å². The van der Waals surface area contributed by atoms with Gasteiger partial charge in [-0.05, 0) is 17.7 Å². The zero-order valence-electron chi connectivity index (χ0n) is 10.5. The van der Waals surface area contributed by atoms with E-state index in [1.807, 2.05) is 0 Å². The Morgan fingerprint density at radius 3 is 2.61 bits per heavy atom. The van der Waals surface area contributed by atoms with Crippen molar-refractivity contribution in [1.29, 1.82) is 0 Å². The third kappa shape index (κ3) is 4.29. The highest BCUT2D eigenvalue weighted by Crippen LogP contribution is 2.23. The molecule has 0 radical (unpaired) electrons. The maximum absolute atomic E-state index is 11.2. The number of nitrogens with two attached hydrogens (primary N) is 1. The van der Waals surface area contributed by atoms with Gasteiger partial charge in [-0.15, -0.1) is 0 Å². The minimum Gasteiger partial charge on any atom is -0.497 e. The molecule has 18 heavy (non-hydrogen) atoms. The fourth-order valence-corrected chi connectivity index (χ4v) is 2.67. The van der Waals surface area contributed by atoms with Crippen LogP contribution in [0.5, 0.6) is 5.75 Å². The van der Waals surface area contributed by atoms with Crippen LogP contribution in [-0.2, 0) is 9.84 Å². The van der Waals surface area contributed by atoms with E-state index in [9.17, 15) is 13.5 Å². The van der Waals surface area contributed by atoms with Crippen LogP contribution in [0, 0.1) is 0 Å². The first-order valence-corrected chi connectivity index (χ1v) is 7.63. The Kier molecular flexibility index (Phi) is 5.13. The predicted octanol–water partition coefficient (Wildman–Crippen LogP) is 0.143. The molecule has 0 aliphatic rings. The van der Waals surface area contributed by atoms with E-state index in [0.717, 1.165) is 11.8 Å². The number of aliphatic hydroxyl groups excluding tert-OH is 1. The summed E-state index contributed by atoms with van der Waals surface area (Å²) in [5, 5.41) is 9.96. The maximum Gasteiger partial charge on any atom is 0.150 e. The van der Waals surface area contributed by atoms with Crippen molar-refractivity contribution in [2.24, 2.45) is 5.73 Å². The maximum atomic E-state index is 11.2. The van der Waals surface area contributed by atoms with Gasteiger partial charge in [0.25, 0.3) is 0 Å². The smallest absolute Gasteiger partial charge is 0.150 e. The van der Waals surface area contributed by atoms with E-state index < -0.39 is 21.9 Å². The van der Waals surface area contributed by atoms with Crippen LogP contribution in [0.1, 0.15) is 11.5 Å². The SMILES string of the molecule is COc1cccc(C(CN)C(O)CS(C)(=O)=O)c1. The van der Waals surface area contributed by atoms with Gasteiger partial charge in [-0.1, -0.05) is 12.1 Å². The van der Waals surface area contributed by atoms with Crippen molar-refractivity contribution >= 4 is 9.84 Å². The largest absolute Gasteiger partial charge is 0.497 e. The number of benzene rings is 1. The van der Waals surface area contributed by atoms with Crippen molar-refractivity contribution in [2.45, 2.75) is 12.0 Å². The summed E-state index contributed by atoms with van der Waals surface area (Å²) >= 11 is 0. The van der Waals surface area contributed by atoms with Gasteiger partial charge < -0.3 is 15.6 Å². The molecule has 2 atom stereocenters. The third-order valence-electron chi connectivity index (χ3n) is 2.71. The van der Waals surface area contributed by atoms with Gasteiger partial charge >= 0.3 is 0 Å². The highest BCUT2D eigenvalue weighted by Gasteiger charge is 2.23. The third-order valence-corrected chi connectivity index (χ3v) is 3.66. The van der Waals surface area contributed by atoms with Crippen LogP contribution in [0.4, 0.5) is 0 Å². The van der Waals surface area contributed by atoms with Crippen molar-refractivity contribution < 1.29 is 18.3 Å². The number of ether oxygens (including phenoxy) is 1. The summed E-state index contributed by atoms with van der Waals surface area (Å²) < 4.78 is 27.5. The molecule has 0 aliphatic carbocycles. The monoisotopic (exact) mass is 273 g/mol. The fraction of sp³-hybridized carbons (Fsp3) is 0.500. The van der Waals surface area contributed by atoms with Crippen LogP contribution >= 0.6 is 0 Å². The Morgan fingerprint density at radius 1 is 1.44 bits per heavy atom. The Balaban J connectivity index is 2.94. The molecule has 0 aliphatic heterocycles. The summed E-state index contributed by atoms with van der Waals surface area (Å²) in [4.78, 5) is 0. The van der Waals surface area contributed by atoms with Crippen molar-refractivity contribution in [1.82, 2.24) is 0 Å². The molecule has 6 heteroatoms. The first-order chi connectivity index (χ1) is 8.37. The van der Waals surface area contributed by atoms with Crippen LogP contribution in [0.25, 0.3) is 0 Å². The molecule has 1 rings (SSSR count). The summed E-state index contributed by atoms with van der Waals surface area (Å²) in [5.41, 5.74) is 6.39. The van der Waals surface area contributed by atoms with E-state index in [0.29, 0.717) is 5.75 Å². The highest BCUT2D eigenvalue weighted by molar-refractivity contribution is 7.90. The number of rotatable bonds is 6. The van der Waals surface area contributed by atoms with E-state index in [2.05, 4.69) is 0 Å². The molecule has 2 unspecified atom stereocenters. The minimum absolute atomic E-state index is 0.170. The molecule has 3 N–H and O–H groups in total. The van der Waals surface area contributed by atoms with E-state index >= 15 is 0 Å². The first-order valence-electron chi connectivity index (χ1n) is 5.57. The van der Waals surface area contributed by atoms with Crippen molar-refractivity contribution in [3.63, 3.8) is 0 Å².